The van der Waals surface area contributed by atoms with Crippen LogP contribution in [0.15, 0.2) is 11.2 Å². The van der Waals surface area contributed by atoms with E-state index in [1.807, 2.05) is 0 Å². The maximum atomic E-state index is 12.9. The summed E-state index contributed by atoms with van der Waals surface area (Å²) in [5.74, 6) is -2.48. The van der Waals surface area contributed by atoms with Crippen LogP contribution in [0.5, 0.6) is 5.75 Å². The lowest BCUT2D eigenvalue weighted by atomic mass is 10.1. The molecule has 13 heteroatoms. The molecule has 1 aromatic heterocycles. The first-order chi connectivity index (χ1) is 9.27. The Morgan fingerprint density at radius 1 is 1.19 bits per heavy atom. The van der Waals surface area contributed by atoms with Crippen LogP contribution in [-0.4, -0.2) is 19.8 Å². The van der Waals surface area contributed by atoms with E-state index in [2.05, 4.69) is 9.72 Å². The van der Waals surface area contributed by atoms with Gasteiger partial charge >= 0.3 is 12.5 Å². The van der Waals surface area contributed by atoms with E-state index in [1.54, 1.807) is 0 Å². The van der Waals surface area contributed by atoms with Crippen LogP contribution < -0.4 is 4.74 Å². The monoisotopic (exact) mass is 377 g/mol. The second-order valence-electron chi connectivity index (χ2n) is 3.40. The quantitative estimate of drug-likeness (QED) is 0.458. The van der Waals surface area contributed by atoms with Crippen LogP contribution in [-0.2, 0) is 21.1 Å². The van der Waals surface area contributed by atoms with E-state index >= 15 is 0 Å². The standard InChI is InChI=1S/C8H3Cl2F6NO3S/c9-1-3-4(20-8(14,15)16)2-17-6(21(10,18)19)5(3)7(11,12)13/h2H,1H2. The molecule has 0 saturated carbocycles. The summed E-state index contributed by atoms with van der Waals surface area (Å²) in [6.07, 6.45) is -10.5. The second kappa shape index (κ2) is 5.69. The third-order valence-corrected chi connectivity index (χ3v) is 3.46. The van der Waals surface area contributed by atoms with Crippen molar-refractivity contribution in [2.24, 2.45) is 0 Å². The Balaban J connectivity index is 3.71. The Kier molecular flexibility index (Phi) is 4.91. The number of hydrogen-bond acceptors (Lipinski definition) is 4. The van der Waals surface area contributed by atoms with E-state index in [9.17, 15) is 34.8 Å². The lowest BCUT2D eigenvalue weighted by Crippen LogP contribution is -2.21. The van der Waals surface area contributed by atoms with Crippen molar-refractivity contribution in [1.82, 2.24) is 4.98 Å². The number of ether oxygens (including phenoxy) is 1. The fourth-order valence-corrected chi connectivity index (χ4v) is 2.61. The minimum atomic E-state index is -5.36. The Morgan fingerprint density at radius 2 is 1.71 bits per heavy atom. The summed E-state index contributed by atoms with van der Waals surface area (Å²) in [4.78, 5) is 2.79. The molecule has 0 radical (unpaired) electrons. The third-order valence-electron chi connectivity index (χ3n) is 1.99. The highest BCUT2D eigenvalue weighted by Gasteiger charge is 2.43. The van der Waals surface area contributed by atoms with E-state index in [1.165, 1.54) is 0 Å². The van der Waals surface area contributed by atoms with E-state index in [0.29, 0.717) is 0 Å². The summed E-state index contributed by atoms with van der Waals surface area (Å²) in [7, 11) is -0.176. The molecule has 1 heterocycles. The SMILES string of the molecule is O=S(=O)(Cl)c1ncc(OC(F)(F)F)c(CCl)c1C(F)(F)F. The summed E-state index contributed by atoms with van der Waals surface area (Å²) in [6, 6.07) is 0. The molecule has 0 aliphatic carbocycles. The fraction of sp³-hybridized carbons (Fsp3) is 0.375. The predicted octanol–water partition coefficient (Wildman–Crippen LogP) is 3.67. The Bertz CT molecular complexity index is 643. The largest absolute Gasteiger partial charge is 0.573 e. The number of nitrogens with zero attached hydrogens (tertiary/aromatic N) is 1. The number of pyridine rings is 1. The maximum absolute atomic E-state index is 12.9. The molecule has 0 bridgehead atoms. The van der Waals surface area contributed by atoms with Crippen molar-refractivity contribution in [3.05, 3.63) is 17.3 Å². The smallest absolute Gasteiger partial charge is 0.404 e. The fourth-order valence-electron chi connectivity index (χ4n) is 1.33. The first-order valence-electron chi connectivity index (χ1n) is 4.63. The molecule has 21 heavy (non-hydrogen) atoms. The second-order valence-corrected chi connectivity index (χ2v) is 6.15. The molecule has 1 aromatic rings. The van der Waals surface area contributed by atoms with Crippen molar-refractivity contribution in [2.75, 3.05) is 0 Å². The number of rotatable bonds is 3. The van der Waals surface area contributed by atoms with E-state index in [4.69, 9.17) is 22.3 Å². The molecule has 120 valence electrons. The summed E-state index contributed by atoms with van der Waals surface area (Å²) in [5, 5.41) is -1.65. The molecule has 0 saturated heterocycles. The van der Waals surface area contributed by atoms with Crippen molar-refractivity contribution in [1.29, 1.82) is 0 Å². The highest BCUT2D eigenvalue weighted by atomic mass is 35.7. The topological polar surface area (TPSA) is 56.3 Å². The van der Waals surface area contributed by atoms with Gasteiger partial charge in [0.05, 0.1) is 12.1 Å². The van der Waals surface area contributed by atoms with Crippen molar-refractivity contribution in [3.63, 3.8) is 0 Å². The van der Waals surface area contributed by atoms with Gasteiger partial charge in [0.1, 0.15) is 5.56 Å². The molecule has 0 N–H and O–H groups in total. The van der Waals surface area contributed by atoms with Gasteiger partial charge in [-0.25, -0.2) is 13.4 Å². The number of aromatic nitrogens is 1. The van der Waals surface area contributed by atoms with Crippen LogP contribution in [0.2, 0.25) is 0 Å². The molecule has 0 aromatic carbocycles. The Labute approximate surface area is 123 Å². The molecule has 0 aliphatic heterocycles. The van der Waals surface area contributed by atoms with E-state index < -0.39 is 49.4 Å². The zero-order chi connectivity index (χ0) is 16.6. The molecule has 0 aliphatic rings. The van der Waals surface area contributed by atoms with Crippen LogP contribution in [0.3, 0.4) is 0 Å². The molecule has 0 fully saturated rings. The summed E-state index contributed by atoms with van der Waals surface area (Å²) in [5.41, 5.74) is -3.25. The average Bonchev–Trinajstić information content (AvgIpc) is 2.23. The van der Waals surface area contributed by atoms with Gasteiger partial charge in [-0.15, -0.1) is 24.8 Å². The minimum absolute atomic E-state index is 0.149. The Morgan fingerprint density at radius 3 is 2.05 bits per heavy atom. The van der Waals surface area contributed by atoms with Crippen molar-refractivity contribution < 1.29 is 39.5 Å². The van der Waals surface area contributed by atoms with Crippen LogP contribution in [0.1, 0.15) is 11.1 Å². The van der Waals surface area contributed by atoms with Gasteiger partial charge in [-0.2, -0.15) is 13.2 Å². The Hall–Kier alpha value is -0.940. The van der Waals surface area contributed by atoms with Crippen molar-refractivity contribution >= 4 is 31.3 Å². The summed E-state index contributed by atoms with van der Waals surface area (Å²) < 4.78 is 100. The predicted molar refractivity (Wildman–Crippen MR) is 58.5 cm³/mol. The van der Waals surface area contributed by atoms with Gasteiger partial charge in [-0.3, -0.25) is 0 Å². The first kappa shape index (κ1) is 18.1. The summed E-state index contributed by atoms with van der Waals surface area (Å²) >= 11 is 5.18. The average molecular weight is 378 g/mol. The molecule has 0 spiro atoms. The highest BCUT2D eigenvalue weighted by molar-refractivity contribution is 8.13. The zero-order valence-corrected chi connectivity index (χ0v) is 11.7. The van der Waals surface area contributed by atoms with E-state index in [0.717, 1.165) is 0 Å². The van der Waals surface area contributed by atoms with Crippen molar-refractivity contribution in [2.45, 2.75) is 23.4 Å². The zero-order valence-electron chi connectivity index (χ0n) is 9.39. The maximum Gasteiger partial charge on any atom is 0.573 e. The molecule has 1 rings (SSSR count). The van der Waals surface area contributed by atoms with Gasteiger partial charge in [0.25, 0.3) is 9.05 Å². The van der Waals surface area contributed by atoms with Gasteiger partial charge in [0.2, 0.25) is 0 Å². The van der Waals surface area contributed by atoms with Crippen LogP contribution in [0, 0.1) is 0 Å². The van der Waals surface area contributed by atoms with Crippen LogP contribution >= 0.6 is 22.3 Å². The lowest BCUT2D eigenvalue weighted by Gasteiger charge is -2.18. The summed E-state index contributed by atoms with van der Waals surface area (Å²) in [6.45, 7) is 0. The van der Waals surface area contributed by atoms with Gasteiger partial charge < -0.3 is 4.74 Å². The molecule has 4 nitrogen and oxygen atoms in total. The molecular formula is C8H3Cl2F6NO3S. The number of hydrogen-bond donors (Lipinski definition) is 0. The van der Waals surface area contributed by atoms with E-state index in [-0.39, 0.29) is 6.20 Å². The normalized spacial score (nSPS) is 13.3. The van der Waals surface area contributed by atoms with Gasteiger partial charge in [0, 0.05) is 16.2 Å². The molecule has 0 amide bonds. The molecule has 0 atom stereocenters. The first-order valence-corrected chi connectivity index (χ1v) is 7.47. The van der Waals surface area contributed by atoms with Crippen molar-refractivity contribution in [3.8, 4) is 5.75 Å². The number of halogens is 8. The highest BCUT2D eigenvalue weighted by Crippen LogP contribution is 2.41. The van der Waals surface area contributed by atoms with Crippen LogP contribution in [0.25, 0.3) is 0 Å². The lowest BCUT2D eigenvalue weighted by molar-refractivity contribution is -0.275. The number of alkyl halides is 7. The molecule has 0 unspecified atom stereocenters. The minimum Gasteiger partial charge on any atom is -0.404 e. The van der Waals surface area contributed by atoms with Crippen LogP contribution in [0.4, 0.5) is 26.3 Å². The van der Waals surface area contributed by atoms with Gasteiger partial charge in [0.15, 0.2) is 10.8 Å². The third kappa shape index (κ3) is 4.51. The van der Waals surface area contributed by atoms with Gasteiger partial charge in [-0.1, -0.05) is 0 Å². The molecular weight excluding hydrogens is 375 g/mol. The van der Waals surface area contributed by atoms with Gasteiger partial charge in [-0.05, 0) is 0 Å².